The Kier molecular flexibility index (Phi) is 4.20. The number of para-hydroxylation sites is 2. The van der Waals surface area contributed by atoms with Gasteiger partial charge in [-0.05, 0) is 19.1 Å². The maximum absolute atomic E-state index is 12.2. The SMILES string of the molecule is CCc1nc2ccccc2n1CC(=O)NCc1nc(C)cs1. The molecule has 2 aromatic heterocycles. The summed E-state index contributed by atoms with van der Waals surface area (Å²) in [6.45, 7) is 4.76. The zero-order chi connectivity index (χ0) is 15.5. The van der Waals surface area contributed by atoms with E-state index in [1.54, 1.807) is 11.3 Å². The van der Waals surface area contributed by atoms with Crippen LogP contribution in [0.4, 0.5) is 0 Å². The van der Waals surface area contributed by atoms with Crippen molar-refractivity contribution in [2.45, 2.75) is 33.4 Å². The van der Waals surface area contributed by atoms with Crippen LogP contribution >= 0.6 is 11.3 Å². The van der Waals surface area contributed by atoms with Crippen LogP contribution in [0.1, 0.15) is 23.4 Å². The normalized spacial score (nSPS) is 11.0. The van der Waals surface area contributed by atoms with Crippen LogP contribution in [0, 0.1) is 6.92 Å². The monoisotopic (exact) mass is 314 g/mol. The van der Waals surface area contributed by atoms with Crippen molar-refractivity contribution in [3.05, 3.63) is 46.2 Å². The topological polar surface area (TPSA) is 59.8 Å². The van der Waals surface area contributed by atoms with Crippen LogP contribution in [0.3, 0.4) is 0 Å². The smallest absolute Gasteiger partial charge is 0.240 e. The molecular formula is C16H18N4OS. The van der Waals surface area contributed by atoms with Crippen LogP contribution < -0.4 is 5.32 Å². The molecule has 3 rings (SSSR count). The summed E-state index contributed by atoms with van der Waals surface area (Å²) < 4.78 is 1.98. The van der Waals surface area contributed by atoms with Gasteiger partial charge in [0.15, 0.2) is 0 Å². The van der Waals surface area contributed by atoms with Gasteiger partial charge < -0.3 is 9.88 Å². The van der Waals surface area contributed by atoms with E-state index in [-0.39, 0.29) is 12.5 Å². The van der Waals surface area contributed by atoms with E-state index in [4.69, 9.17) is 0 Å². The van der Waals surface area contributed by atoms with Crippen molar-refractivity contribution in [3.8, 4) is 0 Å². The maximum atomic E-state index is 12.2. The lowest BCUT2D eigenvalue weighted by Gasteiger charge is -2.08. The molecule has 0 saturated carbocycles. The van der Waals surface area contributed by atoms with Gasteiger partial charge in [-0.3, -0.25) is 4.79 Å². The first-order valence-electron chi connectivity index (χ1n) is 7.29. The number of benzene rings is 1. The first kappa shape index (κ1) is 14.7. The van der Waals surface area contributed by atoms with E-state index in [9.17, 15) is 4.79 Å². The van der Waals surface area contributed by atoms with Crippen molar-refractivity contribution in [3.63, 3.8) is 0 Å². The fourth-order valence-electron chi connectivity index (χ4n) is 2.43. The summed E-state index contributed by atoms with van der Waals surface area (Å²) >= 11 is 1.56. The van der Waals surface area contributed by atoms with Gasteiger partial charge in [0.05, 0.1) is 17.6 Å². The largest absolute Gasteiger partial charge is 0.348 e. The van der Waals surface area contributed by atoms with E-state index in [0.717, 1.165) is 34.0 Å². The molecule has 0 spiro atoms. The number of carbonyl (C=O) groups excluding carboxylic acids is 1. The molecule has 1 aromatic carbocycles. The number of carbonyl (C=O) groups is 1. The molecule has 1 amide bonds. The van der Waals surface area contributed by atoms with Crippen molar-refractivity contribution in [2.75, 3.05) is 0 Å². The molecular weight excluding hydrogens is 296 g/mol. The molecule has 0 saturated heterocycles. The number of hydrogen-bond donors (Lipinski definition) is 1. The summed E-state index contributed by atoms with van der Waals surface area (Å²) in [4.78, 5) is 21.1. The van der Waals surface area contributed by atoms with Crippen molar-refractivity contribution < 1.29 is 4.79 Å². The minimum Gasteiger partial charge on any atom is -0.348 e. The van der Waals surface area contributed by atoms with Gasteiger partial charge in [-0.2, -0.15) is 0 Å². The summed E-state index contributed by atoms with van der Waals surface area (Å²) in [5.41, 5.74) is 2.92. The van der Waals surface area contributed by atoms with E-state index < -0.39 is 0 Å². The quantitative estimate of drug-likeness (QED) is 0.787. The zero-order valence-electron chi connectivity index (χ0n) is 12.7. The fourth-order valence-corrected chi connectivity index (χ4v) is 3.14. The van der Waals surface area contributed by atoms with Crippen molar-refractivity contribution in [2.24, 2.45) is 0 Å². The van der Waals surface area contributed by atoms with E-state index in [1.807, 2.05) is 48.1 Å². The van der Waals surface area contributed by atoms with Crippen molar-refractivity contribution >= 4 is 28.3 Å². The zero-order valence-corrected chi connectivity index (χ0v) is 13.5. The second kappa shape index (κ2) is 6.27. The molecule has 0 bridgehead atoms. The van der Waals surface area contributed by atoms with Gasteiger partial charge in [0.1, 0.15) is 17.4 Å². The molecule has 5 nitrogen and oxygen atoms in total. The molecule has 0 unspecified atom stereocenters. The second-order valence-corrected chi connectivity index (χ2v) is 6.06. The van der Waals surface area contributed by atoms with Crippen LogP contribution in [0.25, 0.3) is 11.0 Å². The number of aryl methyl sites for hydroxylation is 2. The summed E-state index contributed by atoms with van der Waals surface area (Å²) in [6.07, 6.45) is 0.799. The highest BCUT2D eigenvalue weighted by Crippen LogP contribution is 2.16. The molecule has 0 aliphatic carbocycles. The molecule has 0 radical (unpaired) electrons. The van der Waals surface area contributed by atoms with Crippen LogP contribution in [0.2, 0.25) is 0 Å². The minimum atomic E-state index is -0.0225. The first-order valence-corrected chi connectivity index (χ1v) is 8.17. The Balaban J connectivity index is 1.73. The van der Waals surface area contributed by atoms with Crippen LogP contribution in [-0.2, 0) is 24.3 Å². The average molecular weight is 314 g/mol. The fraction of sp³-hybridized carbons (Fsp3) is 0.312. The third-order valence-corrected chi connectivity index (χ3v) is 4.42. The number of nitrogens with one attached hydrogen (secondary N) is 1. The Labute approximate surface area is 133 Å². The highest BCUT2D eigenvalue weighted by Gasteiger charge is 2.12. The molecule has 0 aliphatic heterocycles. The van der Waals surface area contributed by atoms with Crippen LogP contribution in [0.15, 0.2) is 29.6 Å². The number of thiazole rings is 1. The molecule has 0 aliphatic rings. The van der Waals surface area contributed by atoms with Gasteiger partial charge >= 0.3 is 0 Å². The minimum absolute atomic E-state index is 0.0225. The maximum Gasteiger partial charge on any atom is 0.240 e. The number of nitrogens with zero attached hydrogens (tertiary/aromatic N) is 3. The molecule has 22 heavy (non-hydrogen) atoms. The van der Waals surface area contributed by atoms with E-state index in [2.05, 4.69) is 15.3 Å². The Morgan fingerprint density at radius 1 is 1.32 bits per heavy atom. The van der Waals surface area contributed by atoms with Gasteiger partial charge in [-0.1, -0.05) is 19.1 Å². The van der Waals surface area contributed by atoms with Crippen molar-refractivity contribution in [1.29, 1.82) is 0 Å². The first-order chi connectivity index (χ1) is 10.7. The van der Waals surface area contributed by atoms with Gasteiger partial charge in [0.25, 0.3) is 0 Å². The molecule has 2 heterocycles. The predicted molar refractivity (Wildman–Crippen MR) is 87.8 cm³/mol. The Morgan fingerprint density at radius 2 is 2.14 bits per heavy atom. The molecule has 0 atom stereocenters. The second-order valence-electron chi connectivity index (χ2n) is 5.12. The number of amides is 1. The van der Waals surface area contributed by atoms with Crippen LogP contribution in [-0.4, -0.2) is 20.4 Å². The summed E-state index contributed by atoms with van der Waals surface area (Å²) in [5, 5.41) is 5.84. The lowest BCUT2D eigenvalue weighted by molar-refractivity contribution is -0.121. The van der Waals surface area contributed by atoms with E-state index >= 15 is 0 Å². The third-order valence-electron chi connectivity index (χ3n) is 3.45. The number of imidazole rings is 1. The molecule has 3 aromatic rings. The summed E-state index contributed by atoms with van der Waals surface area (Å²) in [5.74, 6) is 0.909. The van der Waals surface area contributed by atoms with E-state index in [0.29, 0.717) is 6.54 Å². The molecule has 6 heteroatoms. The van der Waals surface area contributed by atoms with Crippen molar-refractivity contribution in [1.82, 2.24) is 19.9 Å². The number of hydrogen-bond acceptors (Lipinski definition) is 4. The number of aromatic nitrogens is 3. The summed E-state index contributed by atoms with van der Waals surface area (Å²) in [6, 6.07) is 7.90. The Bertz CT molecular complexity index is 805. The predicted octanol–water partition coefficient (Wildman–Crippen LogP) is 2.68. The standard InChI is InChI=1S/C16H18N4OS/c1-3-14-19-12-6-4-5-7-13(12)20(14)9-15(21)17-8-16-18-11(2)10-22-16/h4-7,10H,3,8-9H2,1-2H3,(H,17,21). The summed E-state index contributed by atoms with van der Waals surface area (Å²) in [7, 11) is 0. The van der Waals surface area contributed by atoms with Gasteiger partial charge in [-0.25, -0.2) is 9.97 Å². The molecule has 114 valence electrons. The average Bonchev–Trinajstić information content (AvgIpc) is 3.09. The lowest BCUT2D eigenvalue weighted by atomic mass is 10.3. The Hall–Kier alpha value is -2.21. The number of fused-ring (bicyclic) bond motifs is 1. The highest BCUT2D eigenvalue weighted by molar-refractivity contribution is 7.09. The van der Waals surface area contributed by atoms with Crippen LogP contribution in [0.5, 0.6) is 0 Å². The lowest BCUT2D eigenvalue weighted by Crippen LogP contribution is -2.27. The Morgan fingerprint density at radius 3 is 2.86 bits per heavy atom. The van der Waals surface area contributed by atoms with Gasteiger partial charge in [0, 0.05) is 17.5 Å². The molecule has 0 fully saturated rings. The molecule has 1 N–H and O–H groups in total. The van der Waals surface area contributed by atoms with E-state index in [1.165, 1.54) is 0 Å². The highest BCUT2D eigenvalue weighted by atomic mass is 32.1. The number of rotatable bonds is 5. The van der Waals surface area contributed by atoms with Gasteiger partial charge in [0.2, 0.25) is 5.91 Å². The van der Waals surface area contributed by atoms with Gasteiger partial charge in [-0.15, -0.1) is 11.3 Å². The third kappa shape index (κ3) is 3.01.